The number of likely N-dealkylation sites (tertiary alicyclic amines) is 1. The van der Waals surface area contributed by atoms with E-state index >= 15 is 0 Å². The van der Waals surface area contributed by atoms with Crippen LogP contribution in [0.2, 0.25) is 0 Å². The molecule has 7 heteroatoms. The predicted octanol–water partition coefficient (Wildman–Crippen LogP) is 2.70. The monoisotopic (exact) mass is 354 g/mol. The van der Waals surface area contributed by atoms with E-state index in [-0.39, 0.29) is 6.04 Å². The van der Waals surface area contributed by atoms with E-state index in [1.54, 1.807) is 17.2 Å². The number of pyridine rings is 1. The van der Waals surface area contributed by atoms with Crippen molar-refractivity contribution in [1.82, 2.24) is 30.1 Å². The molecule has 0 aromatic carbocycles. The minimum Gasteiger partial charge on any atom is -0.338 e. The van der Waals surface area contributed by atoms with Crippen LogP contribution in [-0.4, -0.2) is 48.6 Å². The fourth-order valence-electron chi connectivity index (χ4n) is 4.23. The van der Waals surface area contributed by atoms with Gasteiger partial charge in [-0.1, -0.05) is 19.3 Å². The maximum Gasteiger partial charge on any atom is 0.223 e. The molecule has 1 saturated carbocycles. The molecule has 0 bridgehead atoms. The van der Waals surface area contributed by atoms with E-state index in [1.165, 1.54) is 32.1 Å². The van der Waals surface area contributed by atoms with Crippen molar-refractivity contribution in [3.05, 3.63) is 24.5 Å². The molecule has 0 radical (unpaired) electrons. The normalized spacial score (nSPS) is 21.2. The lowest BCUT2D eigenvalue weighted by Gasteiger charge is -2.27. The fourth-order valence-corrected chi connectivity index (χ4v) is 4.23. The molecule has 2 fully saturated rings. The highest BCUT2D eigenvalue weighted by Crippen LogP contribution is 2.28. The Kier molecular flexibility index (Phi) is 5.22. The van der Waals surface area contributed by atoms with Gasteiger partial charge in [0.2, 0.25) is 11.7 Å². The predicted molar refractivity (Wildman–Crippen MR) is 97.0 cm³/mol. The highest BCUT2D eigenvalue weighted by Gasteiger charge is 2.31. The number of carbonyl (C=O) groups is 1. The Labute approximate surface area is 153 Å². The van der Waals surface area contributed by atoms with E-state index in [0.717, 1.165) is 24.9 Å². The van der Waals surface area contributed by atoms with Gasteiger partial charge in [-0.3, -0.25) is 9.78 Å². The number of aromatic nitrogens is 5. The lowest BCUT2D eigenvalue weighted by molar-refractivity contribution is -0.133. The van der Waals surface area contributed by atoms with Gasteiger partial charge in [-0.15, -0.1) is 10.2 Å². The van der Waals surface area contributed by atoms with Crippen molar-refractivity contribution in [2.24, 2.45) is 5.92 Å². The Morgan fingerprint density at radius 3 is 2.85 bits per heavy atom. The lowest BCUT2D eigenvalue weighted by Crippen LogP contribution is -2.39. The summed E-state index contributed by atoms with van der Waals surface area (Å²) in [6.45, 7) is 1.48. The van der Waals surface area contributed by atoms with Gasteiger partial charge in [-0.05, 0) is 48.9 Å². The Morgan fingerprint density at radius 2 is 2.04 bits per heavy atom. The first-order valence-corrected chi connectivity index (χ1v) is 9.77. The molecule has 0 N–H and O–H groups in total. The molecule has 138 valence electrons. The third-order valence-electron chi connectivity index (χ3n) is 5.63. The first-order chi connectivity index (χ1) is 12.8. The summed E-state index contributed by atoms with van der Waals surface area (Å²) in [7, 11) is 0. The Balaban J connectivity index is 1.38. The molecule has 2 aliphatic rings. The summed E-state index contributed by atoms with van der Waals surface area (Å²) in [6.07, 6.45) is 12.6. The molecule has 2 aromatic heterocycles. The summed E-state index contributed by atoms with van der Waals surface area (Å²) in [6, 6.07) is 3.96. The van der Waals surface area contributed by atoms with E-state index in [9.17, 15) is 4.79 Å². The van der Waals surface area contributed by atoms with Crippen LogP contribution in [-0.2, 0) is 11.3 Å². The Morgan fingerprint density at radius 1 is 1.15 bits per heavy atom. The summed E-state index contributed by atoms with van der Waals surface area (Å²) in [4.78, 5) is 20.6. The van der Waals surface area contributed by atoms with Crippen LogP contribution in [0.3, 0.4) is 0 Å². The second kappa shape index (κ2) is 7.93. The number of rotatable bonds is 5. The molecule has 0 unspecified atom stereocenters. The standard InChI is InChI=1S/C19H26N6O/c26-18(12-15-6-2-1-3-7-15)24-11-5-9-17(24)14-25-22-19(21-23-25)16-8-4-10-20-13-16/h4,8,10,13,15,17H,1-3,5-7,9,11-12,14H2/t17-/m1/s1. The van der Waals surface area contributed by atoms with Gasteiger partial charge in [-0.25, -0.2) is 0 Å². The first kappa shape index (κ1) is 17.1. The number of nitrogens with zero attached hydrogens (tertiary/aromatic N) is 6. The number of hydrogen-bond donors (Lipinski definition) is 0. The number of tetrazole rings is 1. The van der Waals surface area contributed by atoms with Crippen LogP contribution < -0.4 is 0 Å². The van der Waals surface area contributed by atoms with Crippen molar-refractivity contribution >= 4 is 5.91 Å². The van der Waals surface area contributed by atoms with Gasteiger partial charge in [0.05, 0.1) is 12.6 Å². The van der Waals surface area contributed by atoms with Crippen molar-refractivity contribution in [2.75, 3.05) is 6.54 Å². The van der Waals surface area contributed by atoms with Gasteiger partial charge < -0.3 is 4.90 Å². The maximum atomic E-state index is 12.8. The topological polar surface area (TPSA) is 76.8 Å². The summed E-state index contributed by atoms with van der Waals surface area (Å²) >= 11 is 0. The van der Waals surface area contributed by atoms with Gasteiger partial charge in [0, 0.05) is 30.9 Å². The molecule has 1 aliphatic heterocycles. The second-order valence-corrected chi connectivity index (χ2v) is 7.50. The van der Waals surface area contributed by atoms with E-state index in [4.69, 9.17) is 0 Å². The van der Waals surface area contributed by atoms with Crippen molar-refractivity contribution in [1.29, 1.82) is 0 Å². The zero-order valence-corrected chi connectivity index (χ0v) is 15.1. The van der Waals surface area contributed by atoms with Crippen LogP contribution in [0.15, 0.2) is 24.5 Å². The molecule has 0 spiro atoms. The van der Waals surface area contributed by atoms with Crippen LogP contribution in [0.1, 0.15) is 51.4 Å². The Bertz CT molecular complexity index is 725. The molecule has 2 aromatic rings. The van der Waals surface area contributed by atoms with Crippen LogP contribution in [0, 0.1) is 5.92 Å². The van der Waals surface area contributed by atoms with Gasteiger partial charge >= 0.3 is 0 Å². The molecular weight excluding hydrogens is 328 g/mol. The van der Waals surface area contributed by atoms with Crippen molar-refractivity contribution in [3.8, 4) is 11.4 Å². The molecule has 1 amide bonds. The second-order valence-electron chi connectivity index (χ2n) is 7.50. The largest absolute Gasteiger partial charge is 0.338 e. The van der Waals surface area contributed by atoms with E-state index in [0.29, 0.717) is 30.6 Å². The van der Waals surface area contributed by atoms with Crippen LogP contribution in [0.4, 0.5) is 0 Å². The SMILES string of the molecule is O=C(CC1CCCCC1)N1CCC[C@@H]1Cn1nnc(-c2cccnc2)n1. The lowest BCUT2D eigenvalue weighted by atomic mass is 9.86. The molecule has 3 heterocycles. The third kappa shape index (κ3) is 3.92. The van der Waals surface area contributed by atoms with Gasteiger partial charge in [0.1, 0.15) is 0 Å². The van der Waals surface area contributed by atoms with E-state index < -0.39 is 0 Å². The van der Waals surface area contributed by atoms with Gasteiger partial charge in [-0.2, -0.15) is 4.80 Å². The summed E-state index contributed by atoms with van der Waals surface area (Å²) < 4.78 is 0. The first-order valence-electron chi connectivity index (χ1n) is 9.77. The number of amides is 1. The fraction of sp³-hybridized carbons (Fsp3) is 0.632. The molecule has 1 aliphatic carbocycles. The molecule has 1 atom stereocenters. The molecule has 1 saturated heterocycles. The minimum atomic E-state index is 0.182. The van der Waals surface area contributed by atoms with Crippen LogP contribution in [0.5, 0.6) is 0 Å². The van der Waals surface area contributed by atoms with E-state index in [1.807, 2.05) is 12.1 Å². The van der Waals surface area contributed by atoms with Crippen LogP contribution >= 0.6 is 0 Å². The van der Waals surface area contributed by atoms with Gasteiger partial charge in [0.25, 0.3) is 0 Å². The summed E-state index contributed by atoms with van der Waals surface area (Å²) in [5, 5.41) is 12.8. The number of hydrogen-bond acceptors (Lipinski definition) is 5. The molecule has 26 heavy (non-hydrogen) atoms. The summed E-state index contributed by atoms with van der Waals surface area (Å²) in [5.41, 5.74) is 0.857. The summed E-state index contributed by atoms with van der Waals surface area (Å²) in [5.74, 6) is 1.47. The third-order valence-corrected chi connectivity index (χ3v) is 5.63. The molecular formula is C19H26N6O. The highest BCUT2D eigenvalue weighted by molar-refractivity contribution is 5.77. The van der Waals surface area contributed by atoms with Crippen molar-refractivity contribution in [2.45, 2.75) is 64.0 Å². The smallest absolute Gasteiger partial charge is 0.223 e. The van der Waals surface area contributed by atoms with Crippen LogP contribution in [0.25, 0.3) is 11.4 Å². The highest BCUT2D eigenvalue weighted by atomic mass is 16.2. The Hall–Kier alpha value is -2.31. The zero-order chi connectivity index (χ0) is 17.8. The average molecular weight is 354 g/mol. The molecule has 4 rings (SSSR count). The zero-order valence-electron chi connectivity index (χ0n) is 15.1. The van der Waals surface area contributed by atoms with Crippen molar-refractivity contribution < 1.29 is 4.79 Å². The van der Waals surface area contributed by atoms with E-state index in [2.05, 4.69) is 25.3 Å². The van der Waals surface area contributed by atoms with Crippen molar-refractivity contribution in [3.63, 3.8) is 0 Å². The maximum absolute atomic E-state index is 12.8. The number of carbonyl (C=O) groups excluding carboxylic acids is 1. The molecule has 7 nitrogen and oxygen atoms in total. The van der Waals surface area contributed by atoms with Gasteiger partial charge in [0.15, 0.2) is 0 Å². The average Bonchev–Trinajstić information content (AvgIpc) is 3.33. The quantitative estimate of drug-likeness (QED) is 0.825. The minimum absolute atomic E-state index is 0.182.